The molecule has 0 aromatic carbocycles. The number of carbonyl (C=O) groups excluding carboxylic acids is 1. The van der Waals surface area contributed by atoms with Crippen LogP contribution < -0.4 is 10.6 Å². The van der Waals surface area contributed by atoms with Crippen LogP contribution in [0.1, 0.15) is 40.0 Å². The number of carbonyl (C=O) groups is 1. The average Bonchev–Trinajstić information content (AvgIpc) is 2.36. The summed E-state index contributed by atoms with van der Waals surface area (Å²) < 4.78 is 0. The third-order valence-corrected chi connectivity index (χ3v) is 3.70. The van der Waals surface area contributed by atoms with Gasteiger partial charge in [-0.3, -0.25) is 9.69 Å². The summed E-state index contributed by atoms with van der Waals surface area (Å²) in [5, 5.41) is 6.43. The molecule has 1 rings (SSSR count). The van der Waals surface area contributed by atoms with E-state index in [1.807, 2.05) is 0 Å². The molecule has 112 valence electrons. The molecule has 0 bridgehead atoms. The van der Waals surface area contributed by atoms with Gasteiger partial charge >= 0.3 is 0 Å². The van der Waals surface area contributed by atoms with E-state index in [1.165, 1.54) is 12.8 Å². The molecule has 2 N–H and O–H groups in total. The van der Waals surface area contributed by atoms with Gasteiger partial charge < -0.3 is 10.6 Å². The molecule has 1 heterocycles. The summed E-state index contributed by atoms with van der Waals surface area (Å²) in [7, 11) is 0. The van der Waals surface area contributed by atoms with Crippen molar-refractivity contribution in [3.8, 4) is 0 Å². The van der Waals surface area contributed by atoms with E-state index >= 15 is 0 Å². The van der Waals surface area contributed by atoms with Crippen LogP contribution in [0.4, 0.5) is 0 Å². The standard InChI is InChI=1S/C15H31N3O/c1-4-16-10-14-6-5-9-18(11-14)12-15(19)17-8-7-13(2)3/h13-14,16H,4-12H2,1-3H3,(H,17,19). The van der Waals surface area contributed by atoms with Gasteiger partial charge in [0.1, 0.15) is 0 Å². The fourth-order valence-electron chi connectivity index (χ4n) is 2.57. The molecular formula is C15H31N3O. The van der Waals surface area contributed by atoms with Crippen LogP contribution in [0, 0.1) is 11.8 Å². The maximum absolute atomic E-state index is 11.8. The average molecular weight is 269 g/mol. The summed E-state index contributed by atoms with van der Waals surface area (Å²) in [5.74, 6) is 1.54. The number of amides is 1. The molecule has 0 spiro atoms. The van der Waals surface area contributed by atoms with E-state index in [4.69, 9.17) is 0 Å². The highest BCUT2D eigenvalue weighted by atomic mass is 16.2. The minimum absolute atomic E-state index is 0.185. The monoisotopic (exact) mass is 269 g/mol. The first-order valence-electron chi connectivity index (χ1n) is 7.81. The van der Waals surface area contributed by atoms with Gasteiger partial charge in [-0.1, -0.05) is 20.8 Å². The van der Waals surface area contributed by atoms with E-state index in [9.17, 15) is 4.79 Å². The molecule has 0 aromatic heterocycles. The molecule has 0 aliphatic carbocycles. The zero-order valence-electron chi connectivity index (χ0n) is 12.9. The molecule has 1 aliphatic rings. The van der Waals surface area contributed by atoms with Crippen LogP contribution >= 0.6 is 0 Å². The molecule has 19 heavy (non-hydrogen) atoms. The van der Waals surface area contributed by atoms with Crippen molar-refractivity contribution in [2.75, 3.05) is 39.3 Å². The highest BCUT2D eigenvalue weighted by Gasteiger charge is 2.20. The Hall–Kier alpha value is -0.610. The van der Waals surface area contributed by atoms with Crippen molar-refractivity contribution < 1.29 is 4.79 Å². The third-order valence-electron chi connectivity index (χ3n) is 3.70. The lowest BCUT2D eigenvalue weighted by molar-refractivity contribution is -0.122. The zero-order chi connectivity index (χ0) is 14.1. The largest absolute Gasteiger partial charge is 0.355 e. The summed E-state index contributed by atoms with van der Waals surface area (Å²) in [6.07, 6.45) is 3.57. The smallest absolute Gasteiger partial charge is 0.234 e. The van der Waals surface area contributed by atoms with Gasteiger partial charge in [-0.05, 0) is 50.7 Å². The molecule has 1 unspecified atom stereocenters. The van der Waals surface area contributed by atoms with Crippen molar-refractivity contribution in [3.05, 3.63) is 0 Å². The Bertz CT molecular complexity index is 256. The number of likely N-dealkylation sites (tertiary alicyclic amines) is 1. The maximum Gasteiger partial charge on any atom is 0.234 e. The molecule has 1 saturated heterocycles. The Balaban J connectivity index is 2.18. The molecule has 4 heteroatoms. The van der Waals surface area contributed by atoms with Crippen LogP contribution in [-0.4, -0.2) is 50.1 Å². The van der Waals surface area contributed by atoms with Crippen LogP contribution in [0.2, 0.25) is 0 Å². The SMILES string of the molecule is CCNCC1CCCN(CC(=O)NCCC(C)C)C1. The first kappa shape index (κ1) is 16.4. The first-order valence-corrected chi connectivity index (χ1v) is 7.81. The lowest BCUT2D eigenvalue weighted by atomic mass is 9.98. The molecular weight excluding hydrogens is 238 g/mol. The van der Waals surface area contributed by atoms with Crippen molar-refractivity contribution in [3.63, 3.8) is 0 Å². The fourth-order valence-corrected chi connectivity index (χ4v) is 2.57. The van der Waals surface area contributed by atoms with Crippen LogP contribution in [0.3, 0.4) is 0 Å². The second-order valence-corrected chi connectivity index (χ2v) is 6.08. The van der Waals surface area contributed by atoms with Gasteiger partial charge in [0.2, 0.25) is 5.91 Å². The Labute approximate surface area is 118 Å². The summed E-state index contributed by atoms with van der Waals surface area (Å²) in [4.78, 5) is 14.1. The molecule has 0 aromatic rings. The lowest BCUT2D eigenvalue weighted by Crippen LogP contribution is -2.44. The number of piperidine rings is 1. The second-order valence-electron chi connectivity index (χ2n) is 6.08. The van der Waals surface area contributed by atoms with E-state index < -0.39 is 0 Å². The second kappa shape index (κ2) is 9.32. The Morgan fingerprint density at radius 1 is 1.42 bits per heavy atom. The van der Waals surface area contributed by atoms with Crippen molar-refractivity contribution >= 4 is 5.91 Å². The summed E-state index contributed by atoms with van der Waals surface area (Å²) in [6.45, 7) is 12.1. The summed E-state index contributed by atoms with van der Waals surface area (Å²) in [5.41, 5.74) is 0. The lowest BCUT2D eigenvalue weighted by Gasteiger charge is -2.32. The normalized spacial score (nSPS) is 20.7. The molecule has 1 fully saturated rings. The number of rotatable bonds is 8. The van der Waals surface area contributed by atoms with Gasteiger partial charge in [0.05, 0.1) is 6.54 Å². The Morgan fingerprint density at radius 2 is 2.21 bits per heavy atom. The number of hydrogen-bond acceptors (Lipinski definition) is 3. The quantitative estimate of drug-likeness (QED) is 0.701. The van der Waals surface area contributed by atoms with E-state index in [0.717, 1.165) is 39.1 Å². The summed E-state index contributed by atoms with van der Waals surface area (Å²) in [6, 6.07) is 0. The third kappa shape index (κ3) is 7.53. The van der Waals surface area contributed by atoms with Gasteiger partial charge in [0.15, 0.2) is 0 Å². The van der Waals surface area contributed by atoms with Crippen LogP contribution in [0.5, 0.6) is 0 Å². The van der Waals surface area contributed by atoms with E-state index in [2.05, 4.69) is 36.3 Å². The van der Waals surface area contributed by atoms with Crippen LogP contribution in [0.15, 0.2) is 0 Å². The van der Waals surface area contributed by atoms with Crippen LogP contribution in [-0.2, 0) is 4.79 Å². The molecule has 1 aliphatic heterocycles. The van der Waals surface area contributed by atoms with Crippen molar-refractivity contribution in [2.45, 2.75) is 40.0 Å². The van der Waals surface area contributed by atoms with E-state index in [0.29, 0.717) is 18.4 Å². The number of hydrogen-bond donors (Lipinski definition) is 2. The number of nitrogens with one attached hydrogen (secondary N) is 2. The van der Waals surface area contributed by atoms with Crippen molar-refractivity contribution in [2.24, 2.45) is 11.8 Å². The molecule has 0 radical (unpaired) electrons. The van der Waals surface area contributed by atoms with Gasteiger partial charge in [-0.15, -0.1) is 0 Å². The topological polar surface area (TPSA) is 44.4 Å². The van der Waals surface area contributed by atoms with Gasteiger partial charge in [-0.2, -0.15) is 0 Å². The highest BCUT2D eigenvalue weighted by molar-refractivity contribution is 5.77. The van der Waals surface area contributed by atoms with Crippen molar-refractivity contribution in [1.29, 1.82) is 0 Å². The van der Waals surface area contributed by atoms with Crippen molar-refractivity contribution in [1.82, 2.24) is 15.5 Å². The number of nitrogens with zero attached hydrogens (tertiary/aromatic N) is 1. The van der Waals surface area contributed by atoms with E-state index in [-0.39, 0.29) is 5.91 Å². The van der Waals surface area contributed by atoms with Gasteiger partial charge in [-0.25, -0.2) is 0 Å². The predicted octanol–water partition coefficient (Wildman–Crippen LogP) is 1.47. The molecule has 0 saturated carbocycles. The highest BCUT2D eigenvalue weighted by Crippen LogP contribution is 2.15. The fraction of sp³-hybridized carbons (Fsp3) is 0.933. The van der Waals surface area contributed by atoms with E-state index in [1.54, 1.807) is 0 Å². The Kier molecular flexibility index (Phi) is 8.07. The maximum atomic E-state index is 11.8. The predicted molar refractivity (Wildman–Crippen MR) is 80.2 cm³/mol. The Morgan fingerprint density at radius 3 is 2.89 bits per heavy atom. The van der Waals surface area contributed by atoms with Crippen LogP contribution in [0.25, 0.3) is 0 Å². The summed E-state index contributed by atoms with van der Waals surface area (Å²) >= 11 is 0. The first-order chi connectivity index (χ1) is 9.11. The molecule has 4 nitrogen and oxygen atoms in total. The van der Waals surface area contributed by atoms with Gasteiger partial charge in [0.25, 0.3) is 0 Å². The minimum atomic E-state index is 0.185. The molecule has 1 amide bonds. The minimum Gasteiger partial charge on any atom is -0.355 e. The zero-order valence-corrected chi connectivity index (χ0v) is 12.9. The molecule has 1 atom stereocenters. The van der Waals surface area contributed by atoms with Gasteiger partial charge in [0, 0.05) is 13.1 Å².